The van der Waals surface area contributed by atoms with Gasteiger partial charge < -0.3 is 9.88 Å². The van der Waals surface area contributed by atoms with Gasteiger partial charge in [-0.25, -0.2) is 21.9 Å². The molecule has 27 heavy (non-hydrogen) atoms. The molecule has 2 N–H and O–H groups in total. The Hall–Kier alpha value is -2.77. The first-order valence-corrected chi connectivity index (χ1v) is 9.47. The lowest BCUT2D eigenvalue weighted by Gasteiger charge is -2.10. The summed E-state index contributed by atoms with van der Waals surface area (Å²) in [4.78, 5) is 11.7. The third-order valence-corrected chi connectivity index (χ3v) is 5.48. The monoisotopic (exact) mass is 396 g/mol. The molecule has 1 aromatic carbocycles. The largest absolute Gasteiger partial charge is 0.343 e. The zero-order valence-electron chi connectivity index (χ0n) is 14.9. The molecule has 0 radical (unpaired) electrons. The number of aromatic nitrogens is 1. The van der Waals surface area contributed by atoms with Crippen LogP contribution < -0.4 is 10.0 Å². The molecule has 144 valence electrons. The van der Waals surface area contributed by atoms with E-state index < -0.39 is 44.2 Å². The Labute approximate surface area is 155 Å². The zero-order chi connectivity index (χ0) is 20.4. The number of amides is 1. The Morgan fingerprint density at radius 3 is 2.63 bits per heavy atom. The summed E-state index contributed by atoms with van der Waals surface area (Å²) in [6.07, 6.45) is 1.51. The minimum absolute atomic E-state index is 0.0701. The van der Waals surface area contributed by atoms with Gasteiger partial charge in [-0.3, -0.25) is 4.79 Å². The van der Waals surface area contributed by atoms with Gasteiger partial charge in [-0.1, -0.05) is 6.92 Å². The van der Waals surface area contributed by atoms with Crippen molar-refractivity contribution < 1.29 is 22.0 Å². The average Bonchev–Trinajstić information content (AvgIpc) is 2.91. The molecular weight excluding hydrogens is 378 g/mol. The molecule has 1 heterocycles. The minimum atomic E-state index is -4.15. The van der Waals surface area contributed by atoms with E-state index in [9.17, 15) is 22.0 Å². The van der Waals surface area contributed by atoms with Gasteiger partial charge in [0.05, 0.1) is 5.56 Å². The highest BCUT2D eigenvalue weighted by Crippen LogP contribution is 2.22. The predicted molar refractivity (Wildman–Crippen MR) is 94.5 cm³/mol. The highest BCUT2D eigenvalue weighted by Gasteiger charge is 2.29. The van der Waals surface area contributed by atoms with Gasteiger partial charge in [0.15, 0.2) is 5.82 Å². The molecule has 0 saturated carbocycles. The Morgan fingerprint density at radius 1 is 1.37 bits per heavy atom. The van der Waals surface area contributed by atoms with E-state index in [0.29, 0.717) is 6.42 Å². The fourth-order valence-corrected chi connectivity index (χ4v) is 3.76. The van der Waals surface area contributed by atoms with Crippen molar-refractivity contribution in [2.45, 2.75) is 31.2 Å². The number of aryl methyl sites for hydroxylation is 1. The molecule has 0 saturated heterocycles. The number of hydrogen-bond acceptors (Lipinski definition) is 4. The second-order valence-corrected chi connectivity index (χ2v) is 7.64. The SMILES string of the molecule is CC[C@@H](C)NS(=O)(=O)c1cn(C)c(C(=O)Nc2ccc(F)c(C#N)c2)c1F. The van der Waals surface area contributed by atoms with Gasteiger partial charge in [0.2, 0.25) is 10.0 Å². The van der Waals surface area contributed by atoms with Crippen LogP contribution in [0.3, 0.4) is 0 Å². The van der Waals surface area contributed by atoms with Crippen LogP contribution in [0, 0.1) is 23.0 Å². The first-order valence-electron chi connectivity index (χ1n) is 7.98. The third-order valence-electron chi connectivity index (χ3n) is 3.91. The molecule has 0 aliphatic rings. The van der Waals surface area contributed by atoms with E-state index >= 15 is 0 Å². The first-order chi connectivity index (χ1) is 12.6. The van der Waals surface area contributed by atoms with Crippen LogP contribution in [0.2, 0.25) is 0 Å². The van der Waals surface area contributed by atoms with Crippen LogP contribution in [0.4, 0.5) is 14.5 Å². The van der Waals surface area contributed by atoms with Crippen LogP contribution in [0.25, 0.3) is 0 Å². The standard InChI is InChI=1S/C17H18F2N4O3S/c1-4-10(2)22-27(25,26)14-9-23(3)16(15(14)19)17(24)21-12-5-6-13(18)11(7-12)8-20/h5-7,9-10,22H,4H2,1-3H3,(H,21,24)/t10-/m1/s1. The lowest BCUT2D eigenvalue weighted by atomic mass is 10.2. The second-order valence-electron chi connectivity index (χ2n) is 5.96. The molecule has 0 bridgehead atoms. The third kappa shape index (κ3) is 4.32. The number of hydrogen-bond donors (Lipinski definition) is 2. The maximum Gasteiger partial charge on any atom is 0.275 e. The zero-order valence-corrected chi connectivity index (χ0v) is 15.7. The number of carbonyl (C=O) groups is 1. The van der Waals surface area contributed by atoms with Crippen molar-refractivity contribution in [1.82, 2.24) is 9.29 Å². The molecular formula is C17H18F2N4O3S. The van der Waals surface area contributed by atoms with E-state index in [1.54, 1.807) is 19.9 Å². The molecule has 0 spiro atoms. The average molecular weight is 396 g/mol. The Kier molecular flexibility index (Phi) is 5.98. The van der Waals surface area contributed by atoms with Gasteiger partial charge >= 0.3 is 0 Å². The number of nitrogens with one attached hydrogen (secondary N) is 2. The molecule has 0 unspecified atom stereocenters. The molecule has 1 amide bonds. The predicted octanol–water partition coefficient (Wildman–Crippen LogP) is 2.50. The number of carbonyl (C=O) groups excluding carboxylic acids is 1. The van der Waals surface area contributed by atoms with E-state index in [0.717, 1.165) is 22.9 Å². The highest BCUT2D eigenvalue weighted by atomic mass is 32.2. The summed E-state index contributed by atoms with van der Waals surface area (Å²) < 4.78 is 56.0. The van der Waals surface area contributed by atoms with Crippen molar-refractivity contribution in [3.05, 3.63) is 47.3 Å². The Bertz CT molecular complexity index is 1030. The molecule has 1 atom stereocenters. The summed E-state index contributed by atoms with van der Waals surface area (Å²) in [5, 5.41) is 11.2. The molecule has 10 heteroatoms. The fourth-order valence-electron chi connectivity index (χ4n) is 2.31. The van der Waals surface area contributed by atoms with Crippen molar-refractivity contribution in [2.75, 3.05) is 5.32 Å². The van der Waals surface area contributed by atoms with Crippen molar-refractivity contribution in [3.63, 3.8) is 0 Å². The molecule has 0 fully saturated rings. The fraction of sp³-hybridized carbons (Fsp3) is 0.294. The Balaban J connectivity index is 2.36. The van der Waals surface area contributed by atoms with Crippen LogP contribution >= 0.6 is 0 Å². The summed E-state index contributed by atoms with van der Waals surface area (Å²) in [5.74, 6) is -2.89. The van der Waals surface area contributed by atoms with Crippen LogP contribution in [-0.4, -0.2) is 24.9 Å². The topological polar surface area (TPSA) is 104 Å². The van der Waals surface area contributed by atoms with E-state index in [1.807, 2.05) is 0 Å². The minimum Gasteiger partial charge on any atom is -0.343 e. The summed E-state index contributed by atoms with van der Waals surface area (Å²) >= 11 is 0. The van der Waals surface area contributed by atoms with Crippen LogP contribution in [0.15, 0.2) is 29.3 Å². The van der Waals surface area contributed by atoms with Gasteiger partial charge in [-0.15, -0.1) is 0 Å². The number of anilines is 1. The summed E-state index contributed by atoms with van der Waals surface area (Å²) in [5.41, 5.74) is -0.732. The van der Waals surface area contributed by atoms with Gasteiger partial charge in [0, 0.05) is 25.0 Å². The van der Waals surface area contributed by atoms with E-state index in [-0.39, 0.29) is 11.3 Å². The maximum atomic E-state index is 14.7. The molecule has 0 aliphatic heterocycles. The summed E-state index contributed by atoms with van der Waals surface area (Å²) in [6, 6.07) is 4.51. The number of nitriles is 1. The molecule has 1 aromatic heterocycles. The summed E-state index contributed by atoms with van der Waals surface area (Å²) in [7, 11) is -2.82. The van der Waals surface area contributed by atoms with Crippen molar-refractivity contribution >= 4 is 21.6 Å². The molecule has 2 aromatic rings. The number of halogens is 2. The maximum absolute atomic E-state index is 14.7. The highest BCUT2D eigenvalue weighted by molar-refractivity contribution is 7.89. The first kappa shape index (κ1) is 20.5. The Morgan fingerprint density at radius 2 is 2.04 bits per heavy atom. The number of rotatable bonds is 6. The van der Waals surface area contributed by atoms with Crippen LogP contribution in [-0.2, 0) is 17.1 Å². The molecule has 7 nitrogen and oxygen atoms in total. The van der Waals surface area contributed by atoms with Crippen LogP contribution in [0.1, 0.15) is 36.3 Å². The van der Waals surface area contributed by atoms with Gasteiger partial charge in [0.25, 0.3) is 5.91 Å². The number of nitrogens with zero attached hydrogens (tertiary/aromatic N) is 2. The van der Waals surface area contributed by atoms with E-state index in [1.165, 1.54) is 13.1 Å². The van der Waals surface area contributed by atoms with E-state index in [2.05, 4.69) is 10.0 Å². The van der Waals surface area contributed by atoms with E-state index in [4.69, 9.17) is 5.26 Å². The molecule has 2 rings (SSSR count). The van der Waals surface area contributed by atoms with Gasteiger partial charge in [-0.2, -0.15) is 5.26 Å². The normalized spacial score (nSPS) is 12.4. The van der Waals surface area contributed by atoms with Crippen molar-refractivity contribution in [2.24, 2.45) is 7.05 Å². The van der Waals surface area contributed by atoms with Crippen LogP contribution in [0.5, 0.6) is 0 Å². The van der Waals surface area contributed by atoms with Gasteiger partial charge in [0.1, 0.15) is 22.5 Å². The number of sulfonamides is 1. The quantitative estimate of drug-likeness (QED) is 0.783. The van der Waals surface area contributed by atoms with Crippen molar-refractivity contribution in [3.8, 4) is 6.07 Å². The smallest absolute Gasteiger partial charge is 0.275 e. The lowest BCUT2D eigenvalue weighted by molar-refractivity contribution is 0.101. The summed E-state index contributed by atoms with van der Waals surface area (Å²) in [6.45, 7) is 3.40. The van der Waals surface area contributed by atoms with Gasteiger partial charge in [-0.05, 0) is 31.5 Å². The second kappa shape index (κ2) is 7.85. The van der Waals surface area contributed by atoms with Crippen molar-refractivity contribution in [1.29, 1.82) is 5.26 Å². The number of benzene rings is 1. The molecule has 0 aliphatic carbocycles. The lowest BCUT2D eigenvalue weighted by Crippen LogP contribution is -2.32.